The Hall–Kier alpha value is -0.760. The Kier molecular flexibility index (Phi) is 4.20. The average Bonchev–Trinajstić information content (AvgIpc) is 2.40. The first-order valence-electron chi connectivity index (χ1n) is 4.56. The molecule has 0 aromatic rings. The molecule has 1 atom stereocenters. The molecule has 1 N–H and O–H groups in total. The molecule has 16 heavy (non-hydrogen) atoms. The quantitative estimate of drug-likeness (QED) is 0.590. The summed E-state index contributed by atoms with van der Waals surface area (Å²) in [4.78, 5) is 23.4. The highest BCUT2D eigenvalue weighted by Crippen LogP contribution is 2.29. The fourth-order valence-corrected chi connectivity index (χ4v) is 1.77. The lowest BCUT2D eigenvalue weighted by molar-refractivity contribution is -0.137. The van der Waals surface area contributed by atoms with Gasteiger partial charge in [0.2, 0.25) is 11.8 Å². The van der Waals surface area contributed by atoms with Gasteiger partial charge in [-0.25, -0.2) is 0 Å². The SMILES string of the molecule is CN1C(=O)CC(NCCSC(F)(F)F)C1=O. The van der Waals surface area contributed by atoms with Crippen LogP contribution in [-0.4, -0.2) is 47.6 Å². The van der Waals surface area contributed by atoms with Crippen LogP contribution >= 0.6 is 11.8 Å². The van der Waals surface area contributed by atoms with Crippen LogP contribution in [-0.2, 0) is 9.59 Å². The maximum Gasteiger partial charge on any atom is 0.441 e. The van der Waals surface area contributed by atoms with Gasteiger partial charge in [-0.1, -0.05) is 0 Å². The van der Waals surface area contributed by atoms with Crippen molar-refractivity contribution in [3.05, 3.63) is 0 Å². The average molecular weight is 256 g/mol. The van der Waals surface area contributed by atoms with Crippen molar-refractivity contribution in [1.82, 2.24) is 10.2 Å². The molecule has 4 nitrogen and oxygen atoms in total. The number of likely N-dealkylation sites (tertiary alicyclic amines) is 1. The highest BCUT2D eigenvalue weighted by Gasteiger charge is 2.35. The summed E-state index contributed by atoms with van der Waals surface area (Å²) in [7, 11) is 1.36. The van der Waals surface area contributed by atoms with Crippen LogP contribution in [0.1, 0.15) is 6.42 Å². The number of rotatable bonds is 4. The second-order valence-electron chi connectivity index (χ2n) is 3.30. The van der Waals surface area contributed by atoms with Crippen LogP contribution < -0.4 is 5.32 Å². The summed E-state index contributed by atoms with van der Waals surface area (Å²) in [5.74, 6) is -0.876. The van der Waals surface area contributed by atoms with Crippen LogP contribution in [0.5, 0.6) is 0 Å². The number of likely N-dealkylation sites (N-methyl/N-ethyl adjacent to an activating group) is 1. The van der Waals surface area contributed by atoms with Crippen LogP contribution in [0.25, 0.3) is 0 Å². The first-order chi connectivity index (χ1) is 7.31. The molecule has 0 saturated carbocycles. The molecule has 0 aromatic carbocycles. The fraction of sp³-hybridized carbons (Fsp3) is 0.750. The lowest BCUT2D eigenvalue weighted by atomic mass is 10.2. The third-order valence-electron chi connectivity index (χ3n) is 2.14. The van der Waals surface area contributed by atoms with Crippen molar-refractivity contribution in [3.8, 4) is 0 Å². The Labute approximate surface area is 94.5 Å². The summed E-state index contributed by atoms with van der Waals surface area (Å²) in [6.07, 6.45) is 0.0199. The van der Waals surface area contributed by atoms with Gasteiger partial charge in [-0.3, -0.25) is 14.5 Å². The molecule has 0 aliphatic carbocycles. The number of hydrogen-bond acceptors (Lipinski definition) is 4. The molecule has 1 rings (SSSR count). The summed E-state index contributed by atoms with van der Waals surface area (Å²) < 4.78 is 35.3. The van der Waals surface area contributed by atoms with E-state index in [9.17, 15) is 22.8 Å². The second-order valence-corrected chi connectivity index (χ2v) is 4.46. The molecule has 8 heteroatoms. The third-order valence-corrected chi connectivity index (χ3v) is 2.88. The zero-order valence-corrected chi connectivity index (χ0v) is 9.32. The largest absolute Gasteiger partial charge is 0.441 e. The monoisotopic (exact) mass is 256 g/mol. The van der Waals surface area contributed by atoms with E-state index in [4.69, 9.17) is 0 Å². The molecule has 0 bridgehead atoms. The van der Waals surface area contributed by atoms with E-state index in [-0.39, 0.29) is 42.3 Å². The molecule has 92 valence electrons. The van der Waals surface area contributed by atoms with Gasteiger partial charge in [0.25, 0.3) is 0 Å². The third kappa shape index (κ3) is 3.67. The number of alkyl halides is 3. The number of amides is 2. The lowest BCUT2D eigenvalue weighted by Gasteiger charge is -2.11. The molecule has 2 amide bonds. The highest BCUT2D eigenvalue weighted by molar-refractivity contribution is 8.00. The number of imide groups is 1. The molecule has 1 aliphatic heterocycles. The van der Waals surface area contributed by atoms with Crippen LogP contribution in [0.4, 0.5) is 13.2 Å². The fourth-order valence-electron chi connectivity index (χ4n) is 1.31. The minimum Gasteiger partial charge on any atom is -0.305 e. The van der Waals surface area contributed by atoms with Gasteiger partial charge in [0.15, 0.2) is 0 Å². The first kappa shape index (κ1) is 13.3. The minimum atomic E-state index is -4.26. The predicted molar refractivity (Wildman–Crippen MR) is 52.7 cm³/mol. The van der Waals surface area contributed by atoms with Crippen LogP contribution in [0.15, 0.2) is 0 Å². The Balaban J connectivity index is 2.25. The van der Waals surface area contributed by atoms with Gasteiger partial charge in [0.05, 0.1) is 12.5 Å². The van der Waals surface area contributed by atoms with Crippen molar-refractivity contribution in [2.45, 2.75) is 18.0 Å². The Bertz CT molecular complexity index is 295. The Morgan fingerprint density at radius 3 is 2.56 bits per heavy atom. The Morgan fingerprint density at radius 2 is 2.12 bits per heavy atom. The molecular formula is C8H11F3N2O2S. The number of hydrogen-bond donors (Lipinski definition) is 1. The summed E-state index contributed by atoms with van der Waals surface area (Å²) >= 11 is -0.153. The molecular weight excluding hydrogens is 245 g/mol. The van der Waals surface area contributed by atoms with Crippen molar-refractivity contribution < 1.29 is 22.8 Å². The summed E-state index contributed by atoms with van der Waals surface area (Å²) in [5, 5.41) is 2.63. The zero-order valence-electron chi connectivity index (χ0n) is 8.50. The maximum atomic E-state index is 11.8. The van der Waals surface area contributed by atoms with Crippen molar-refractivity contribution in [2.24, 2.45) is 0 Å². The van der Waals surface area contributed by atoms with E-state index in [1.54, 1.807) is 0 Å². The van der Waals surface area contributed by atoms with E-state index in [2.05, 4.69) is 5.32 Å². The molecule has 0 radical (unpaired) electrons. The van der Waals surface area contributed by atoms with E-state index in [1.807, 2.05) is 0 Å². The second kappa shape index (κ2) is 5.05. The maximum absolute atomic E-state index is 11.8. The molecule has 0 aromatic heterocycles. The van der Waals surface area contributed by atoms with E-state index >= 15 is 0 Å². The molecule has 1 saturated heterocycles. The minimum absolute atomic E-state index is 0.0199. The van der Waals surface area contributed by atoms with Gasteiger partial charge >= 0.3 is 5.51 Å². The highest BCUT2D eigenvalue weighted by atomic mass is 32.2. The number of carbonyl (C=O) groups excluding carboxylic acids is 2. The number of nitrogens with zero attached hydrogens (tertiary/aromatic N) is 1. The standard InChI is InChI=1S/C8H11F3N2O2S/c1-13-6(14)4-5(7(13)15)12-2-3-16-8(9,10)11/h5,12H,2-4H2,1H3. The first-order valence-corrected chi connectivity index (χ1v) is 5.54. The summed E-state index contributed by atoms with van der Waals surface area (Å²) in [5.41, 5.74) is -4.26. The predicted octanol–water partition coefficient (Wildman–Crippen LogP) is 0.586. The van der Waals surface area contributed by atoms with Gasteiger partial charge in [-0.2, -0.15) is 13.2 Å². The van der Waals surface area contributed by atoms with E-state index < -0.39 is 11.6 Å². The zero-order chi connectivity index (χ0) is 12.3. The van der Waals surface area contributed by atoms with Gasteiger partial charge < -0.3 is 5.32 Å². The molecule has 1 aliphatic rings. The van der Waals surface area contributed by atoms with Gasteiger partial charge in [0, 0.05) is 19.3 Å². The topological polar surface area (TPSA) is 49.4 Å². The van der Waals surface area contributed by atoms with Crippen LogP contribution in [0.3, 0.4) is 0 Å². The molecule has 0 spiro atoms. The van der Waals surface area contributed by atoms with Crippen molar-refractivity contribution in [1.29, 1.82) is 0 Å². The summed E-state index contributed by atoms with van der Waals surface area (Å²) in [6.45, 7) is 0.0434. The van der Waals surface area contributed by atoms with Crippen LogP contribution in [0, 0.1) is 0 Å². The van der Waals surface area contributed by atoms with Gasteiger partial charge in [-0.15, -0.1) is 0 Å². The normalized spacial score (nSPS) is 22.0. The van der Waals surface area contributed by atoms with Crippen molar-refractivity contribution in [2.75, 3.05) is 19.3 Å². The van der Waals surface area contributed by atoms with Gasteiger partial charge in [-0.05, 0) is 11.8 Å². The van der Waals surface area contributed by atoms with E-state index in [0.29, 0.717) is 0 Å². The van der Waals surface area contributed by atoms with E-state index in [0.717, 1.165) is 4.90 Å². The lowest BCUT2D eigenvalue weighted by Crippen LogP contribution is -2.38. The van der Waals surface area contributed by atoms with Crippen LogP contribution in [0.2, 0.25) is 0 Å². The van der Waals surface area contributed by atoms with Crippen molar-refractivity contribution in [3.63, 3.8) is 0 Å². The number of thioether (sulfide) groups is 1. The van der Waals surface area contributed by atoms with Gasteiger partial charge in [0.1, 0.15) is 0 Å². The molecule has 1 heterocycles. The number of halogens is 3. The van der Waals surface area contributed by atoms with E-state index in [1.165, 1.54) is 7.05 Å². The smallest absolute Gasteiger partial charge is 0.305 e. The molecule has 1 unspecified atom stereocenters. The summed E-state index contributed by atoms with van der Waals surface area (Å²) in [6, 6.07) is -0.675. The van der Waals surface area contributed by atoms with Crippen molar-refractivity contribution >= 4 is 23.6 Å². The number of carbonyl (C=O) groups is 2. The Morgan fingerprint density at radius 1 is 1.50 bits per heavy atom. The molecule has 1 fully saturated rings. The number of nitrogens with one attached hydrogen (secondary N) is 1.